The minimum absolute atomic E-state index is 0.0403. The van der Waals surface area contributed by atoms with E-state index in [1.54, 1.807) is 11.8 Å². The quantitative estimate of drug-likeness (QED) is 0.189. The summed E-state index contributed by atoms with van der Waals surface area (Å²) in [5, 5.41) is 32.3. The summed E-state index contributed by atoms with van der Waals surface area (Å²) in [5.41, 5.74) is 10.6. The zero-order valence-corrected chi connectivity index (χ0v) is 26.1. The van der Waals surface area contributed by atoms with Crippen molar-refractivity contribution in [3.05, 3.63) is 90.7 Å². The average molecular weight is 618 g/mol. The number of rotatable bonds is 11. The van der Waals surface area contributed by atoms with E-state index in [1.165, 1.54) is 11.0 Å². The standard InChI is InChI=1S/C33H36N4O6S/c1-6-19-15(2)24(36-33(19)43)11-22-16(3)20(7-9-29(38)39)25(34-22)13-26-21(8-10-30(40)41)17(4)23(35-26)12-27-31(28-14-44-28)18(5)32(42)37-27/h6,11-12,18,34-35H,1,7-10,13-14H2,2-5H3,(H,36,43)(H,37,42)(H,38,39)(H,40,41)/p+1/b24-11-,27-12-,31-28+/t18-/m0/s1. The predicted molar refractivity (Wildman–Crippen MR) is 170 cm³/mol. The van der Waals surface area contributed by atoms with Gasteiger partial charge in [-0.3, -0.25) is 14.4 Å². The fourth-order valence-corrected chi connectivity index (χ4v) is 6.68. The van der Waals surface area contributed by atoms with Crippen LogP contribution in [0.3, 0.4) is 0 Å². The predicted octanol–water partition coefficient (Wildman–Crippen LogP) is 3.59. The van der Waals surface area contributed by atoms with Crippen LogP contribution in [0.25, 0.3) is 12.2 Å². The highest BCUT2D eigenvalue weighted by Gasteiger charge is 2.39. The summed E-state index contributed by atoms with van der Waals surface area (Å²) in [7, 11) is 0. The third kappa shape index (κ3) is 6.10. The molecule has 0 spiro atoms. The molecule has 2 aromatic rings. The lowest BCUT2D eigenvalue weighted by Crippen LogP contribution is -2.67. The summed E-state index contributed by atoms with van der Waals surface area (Å²) in [6, 6.07) is 0. The highest BCUT2D eigenvalue weighted by molar-refractivity contribution is 8.11. The molecule has 5 rings (SSSR count). The monoisotopic (exact) mass is 617 g/mol. The number of carbonyl (C=O) groups is 3. The smallest absolute Gasteiger partial charge is 0.345 e. The Balaban J connectivity index is 1.57. The van der Waals surface area contributed by atoms with Gasteiger partial charge in [-0.15, -0.1) is 11.8 Å². The molecule has 1 atom stereocenters. The molecule has 7 N–H and O–H groups in total. The first-order valence-corrected chi connectivity index (χ1v) is 15.5. The van der Waals surface area contributed by atoms with E-state index >= 15 is 0 Å². The number of H-pyrrole nitrogens is 2. The molecule has 44 heavy (non-hydrogen) atoms. The number of allylic oxidation sites excluding steroid dienone is 2. The molecule has 3 aliphatic heterocycles. The van der Waals surface area contributed by atoms with Crippen molar-refractivity contribution in [2.75, 3.05) is 5.75 Å². The second-order valence-corrected chi connectivity index (χ2v) is 12.4. The topological polar surface area (TPSA) is 169 Å². The van der Waals surface area contributed by atoms with Crippen LogP contribution in [0.1, 0.15) is 71.7 Å². The lowest BCUT2D eigenvalue weighted by Gasteiger charge is -2.07. The van der Waals surface area contributed by atoms with Crippen LogP contribution >= 0.6 is 11.8 Å². The van der Waals surface area contributed by atoms with Gasteiger partial charge >= 0.3 is 17.8 Å². The van der Waals surface area contributed by atoms with Crippen molar-refractivity contribution in [1.29, 1.82) is 0 Å². The Morgan fingerprint density at radius 3 is 2.02 bits per heavy atom. The SMILES string of the molecule is C=CC1=C(C)/C(=C/c2[nH]c(Cc3[nH]c(/C=C4\[NH+]=C(O)[C@@H](C)\C4=C4\CS4)c(C)c3CCC(=O)O)c(CCC(=O)O)c2C)NC1=O. The first-order valence-electron chi connectivity index (χ1n) is 14.5. The van der Waals surface area contributed by atoms with Crippen LogP contribution in [0, 0.1) is 19.8 Å². The summed E-state index contributed by atoms with van der Waals surface area (Å²) in [4.78, 5) is 46.8. The summed E-state index contributed by atoms with van der Waals surface area (Å²) < 4.78 is 0. The number of aliphatic hydroxyl groups is 1. The molecular weight excluding hydrogens is 580 g/mol. The second-order valence-electron chi connectivity index (χ2n) is 11.4. The van der Waals surface area contributed by atoms with E-state index in [2.05, 4.69) is 26.9 Å². The van der Waals surface area contributed by atoms with Gasteiger partial charge in [-0.1, -0.05) is 12.7 Å². The van der Waals surface area contributed by atoms with Gasteiger partial charge in [0, 0.05) is 70.0 Å². The van der Waals surface area contributed by atoms with Crippen molar-refractivity contribution in [2.24, 2.45) is 5.92 Å². The maximum Gasteiger partial charge on any atom is 0.345 e. The molecule has 0 saturated carbocycles. The number of thioether (sulfide) groups is 1. The molecule has 3 aliphatic rings. The zero-order valence-electron chi connectivity index (χ0n) is 25.2. The van der Waals surface area contributed by atoms with Gasteiger partial charge in [-0.25, -0.2) is 0 Å². The van der Waals surface area contributed by atoms with E-state index in [1.807, 2.05) is 39.8 Å². The number of amides is 1. The van der Waals surface area contributed by atoms with E-state index in [-0.39, 0.29) is 30.6 Å². The minimum Gasteiger partial charge on any atom is -0.481 e. The normalized spacial score (nSPS) is 21.4. The molecule has 1 saturated heterocycles. The Hall–Kier alpha value is -4.51. The minimum atomic E-state index is -0.905. The van der Waals surface area contributed by atoms with Crippen molar-refractivity contribution in [3.63, 3.8) is 0 Å². The van der Waals surface area contributed by atoms with Crippen LogP contribution in [0.5, 0.6) is 0 Å². The Morgan fingerprint density at radius 2 is 1.55 bits per heavy atom. The van der Waals surface area contributed by atoms with Gasteiger partial charge in [-0.05, 0) is 74.4 Å². The maximum absolute atomic E-state index is 12.4. The fourth-order valence-electron chi connectivity index (χ4n) is 6.01. The summed E-state index contributed by atoms with van der Waals surface area (Å²) in [5.74, 6) is -1.00. The molecule has 1 amide bonds. The molecule has 2 aromatic heterocycles. The van der Waals surface area contributed by atoms with Crippen LogP contribution in [0.2, 0.25) is 0 Å². The number of carbonyl (C=O) groups excluding carboxylic acids is 1. The Morgan fingerprint density at radius 1 is 1.00 bits per heavy atom. The number of hydrogen-bond donors (Lipinski definition) is 7. The van der Waals surface area contributed by atoms with Gasteiger partial charge < -0.3 is 30.6 Å². The van der Waals surface area contributed by atoms with Crippen molar-refractivity contribution in [2.45, 2.75) is 59.8 Å². The molecular formula is C33H37N4O6S+. The molecule has 0 aromatic carbocycles. The average Bonchev–Trinajstić information content (AvgIpc) is 3.53. The Labute approximate surface area is 259 Å². The van der Waals surface area contributed by atoms with Gasteiger partial charge in [-0.2, -0.15) is 4.99 Å². The number of hydrogen-bond acceptors (Lipinski definition) is 4. The van der Waals surface area contributed by atoms with E-state index < -0.39 is 11.9 Å². The van der Waals surface area contributed by atoms with Gasteiger partial charge in [0.05, 0.1) is 5.57 Å². The third-order valence-electron chi connectivity index (χ3n) is 8.61. The number of aromatic nitrogens is 2. The molecule has 10 nitrogen and oxygen atoms in total. The van der Waals surface area contributed by atoms with Crippen LogP contribution in [0.15, 0.2) is 45.7 Å². The lowest BCUT2D eigenvalue weighted by atomic mass is 9.97. The molecule has 11 heteroatoms. The first-order chi connectivity index (χ1) is 20.9. The summed E-state index contributed by atoms with van der Waals surface area (Å²) >= 11 is 1.75. The van der Waals surface area contributed by atoms with E-state index in [4.69, 9.17) is 0 Å². The van der Waals surface area contributed by atoms with Crippen molar-refractivity contribution in [1.82, 2.24) is 15.3 Å². The van der Waals surface area contributed by atoms with Crippen LogP contribution in [0.4, 0.5) is 0 Å². The summed E-state index contributed by atoms with van der Waals surface area (Å²) in [6.45, 7) is 11.4. The van der Waals surface area contributed by atoms with Crippen LogP contribution in [-0.4, -0.2) is 54.8 Å². The summed E-state index contributed by atoms with van der Waals surface area (Å²) in [6.07, 6.45) is 6.28. The number of aliphatic carboxylic acids is 2. The van der Waals surface area contributed by atoms with Crippen molar-refractivity contribution in [3.8, 4) is 0 Å². The van der Waals surface area contributed by atoms with Crippen molar-refractivity contribution >= 4 is 47.7 Å². The highest BCUT2D eigenvalue weighted by Crippen LogP contribution is 2.43. The van der Waals surface area contributed by atoms with E-state index in [0.717, 1.165) is 67.6 Å². The molecule has 0 radical (unpaired) electrons. The van der Waals surface area contributed by atoms with Crippen LogP contribution < -0.4 is 10.3 Å². The number of aromatic amines is 2. The van der Waals surface area contributed by atoms with Gasteiger partial charge in [0.25, 0.3) is 5.91 Å². The Bertz CT molecular complexity index is 1760. The number of nitrogens with one attached hydrogen (secondary N) is 4. The first kappa shape index (κ1) is 30.9. The second kappa shape index (κ2) is 12.2. The molecule has 5 heterocycles. The molecule has 1 fully saturated rings. The molecule has 0 bridgehead atoms. The van der Waals surface area contributed by atoms with Gasteiger partial charge in [0.1, 0.15) is 5.92 Å². The zero-order chi connectivity index (χ0) is 31.9. The highest BCUT2D eigenvalue weighted by atomic mass is 32.2. The third-order valence-corrected chi connectivity index (χ3v) is 9.41. The van der Waals surface area contributed by atoms with Crippen molar-refractivity contribution < 1.29 is 34.7 Å². The number of carboxylic acids is 2. The van der Waals surface area contributed by atoms with E-state index in [9.17, 15) is 29.7 Å². The molecule has 0 unspecified atom stereocenters. The maximum atomic E-state index is 12.4. The van der Waals surface area contributed by atoms with Gasteiger partial charge in [0.2, 0.25) is 5.70 Å². The molecule has 230 valence electrons. The Kier molecular flexibility index (Phi) is 8.60. The van der Waals surface area contributed by atoms with Gasteiger partial charge in [0.15, 0.2) is 0 Å². The lowest BCUT2D eigenvalue weighted by molar-refractivity contribution is -0.395. The van der Waals surface area contributed by atoms with Crippen LogP contribution in [-0.2, 0) is 33.6 Å². The number of carboxylic acid groups (broad SMARTS) is 2. The van der Waals surface area contributed by atoms with E-state index in [0.29, 0.717) is 30.5 Å². The fraction of sp³-hybridized carbons (Fsp3) is 0.333. The molecule has 0 aliphatic carbocycles. The number of aliphatic hydroxyl groups excluding tert-OH is 1. The largest absolute Gasteiger partial charge is 0.481 e.